The van der Waals surface area contributed by atoms with Gasteiger partial charge in [0.1, 0.15) is 12.4 Å². The van der Waals surface area contributed by atoms with Gasteiger partial charge in [-0.15, -0.1) is 0 Å². The largest absolute Gasteiger partial charge is 0.480 e. The van der Waals surface area contributed by atoms with Gasteiger partial charge in [-0.05, 0) is 55.5 Å². The van der Waals surface area contributed by atoms with Crippen LogP contribution < -0.4 is 0 Å². The summed E-state index contributed by atoms with van der Waals surface area (Å²) in [7, 11) is 1.82. The Morgan fingerprint density at radius 3 is 2.77 bits per heavy atom. The zero-order chi connectivity index (χ0) is 21.4. The monoisotopic (exact) mass is 408 g/mol. The first-order valence-electron chi connectivity index (χ1n) is 10.2. The van der Waals surface area contributed by atoms with E-state index in [1.807, 2.05) is 38.2 Å². The molecule has 0 radical (unpaired) electrons. The fraction of sp³-hybridized carbons (Fsp3) is 0.333. The molecule has 0 fully saturated rings. The lowest BCUT2D eigenvalue weighted by atomic mass is 9.90. The number of halogens is 1. The number of nitrogens with zero attached hydrogens (tertiary/aromatic N) is 2. The van der Waals surface area contributed by atoms with Crippen molar-refractivity contribution in [2.75, 3.05) is 7.05 Å². The Hall–Kier alpha value is -3.15. The number of carbonyl (C=O) groups excluding carboxylic acids is 1. The van der Waals surface area contributed by atoms with Crippen LogP contribution in [0.2, 0.25) is 0 Å². The van der Waals surface area contributed by atoms with Crippen molar-refractivity contribution < 1.29 is 19.1 Å². The summed E-state index contributed by atoms with van der Waals surface area (Å²) >= 11 is 0. The van der Waals surface area contributed by atoms with E-state index in [0.29, 0.717) is 19.3 Å². The summed E-state index contributed by atoms with van der Waals surface area (Å²) in [5, 5.41) is 10.1. The second kappa shape index (κ2) is 7.94. The van der Waals surface area contributed by atoms with Crippen LogP contribution in [0.3, 0.4) is 0 Å². The second-order valence-electron chi connectivity index (χ2n) is 8.13. The number of hydrogen-bond acceptors (Lipinski definition) is 2. The second-order valence-corrected chi connectivity index (χ2v) is 8.13. The highest BCUT2D eigenvalue weighted by atomic mass is 19.1. The van der Waals surface area contributed by atoms with Crippen LogP contribution in [0, 0.1) is 12.7 Å². The molecule has 30 heavy (non-hydrogen) atoms. The lowest BCUT2D eigenvalue weighted by molar-refractivity contribution is -0.137. The molecular weight excluding hydrogens is 383 g/mol. The fourth-order valence-corrected chi connectivity index (χ4v) is 4.58. The molecule has 0 bridgehead atoms. The third kappa shape index (κ3) is 3.82. The number of amides is 1. The summed E-state index contributed by atoms with van der Waals surface area (Å²) in [5.41, 5.74) is 4.74. The first-order chi connectivity index (χ1) is 14.3. The molecule has 0 saturated heterocycles. The molecule has 4 rings (SSSR count). The molecule has 2 aromatic carbocycles. The van der Waals surface area contributed by atoms with E-state index in [9.17, 15) is 19.1 Å². The Kier molecular flexibility index (Phi) is 5.33. The van der Waals surface area contributed by atoms with Gasteiger partial charge in [0.05, 0.1) is 6.42 Å². The molecular formula is C24H25FN2O3. The quantitative estimate of drug-likeness (QED) is 0.700. The molecule has 6 heteroatoms. The number of hydrogen-bond donors (Lipinski definition) is 1. The predicted octanol–water partition coefficient (Wildman–Crippen LogP) is 3.73. The van der Waals surface area contributed by atoms with Gasteiger partial charge >= 0.3 is 5.97 Å². The van der Waals surface area contributed by atoms with E-state index in [1.54, 1.807) is 15.5 Å². The lowest BCUT2D eigenvalue weighted by Gasteiger charge is -2.32. The molecule has 156 valence electrons. The van der Waals surface area contributed by atoms with Crippen molar-refractivity contribution in [1.29, 1.82) is 0 Å². The van der Waals surface area contributed by atoms with E-state index in [1.165, 1.54) is 12.1 Å². The number of fused-ring (bicyclic) bond motifs is 3. The van der Waals surface area contributed by atoms with Crippen LogP contribution in [0.25, 0.3) is 10.9 Å². The topological polar surface area (TPSA) is 62.5 Å². The molecule has 5 nitrogen and oxygen atoms in total. The van der Waals surface area contributed by atoms with E-state index >= 15 is 0 Å². The van der Waals surface area contributed by atoms with Crippen molar-refractivity contribution in [1.82, 2.24) is 9.47 Å². The molecule has 1 aromatic heterocycles. The minimum atomic E-state index is -0.924. The van der Waals surface area contributed by atoms with Crippen molar-refractivity contribution in [3.8, 4) is 0 Å². The number of aryl methyl sites for hydroxylation is 1. The number of aromatic nitrogens is 1. The molecule has 3 aromatic rings. The highest BCUT2D eigenvalue weighted by Gasteiger charge is 2.30. The van der Waals surface area contributed by atoms with Crippen LogP contribution >= 0.6 is 0 Å². The van der Waals surface area contributed by atoms with Crippen LogP contribution in [-0.2, 0) is 35.4 Å². The van der Waals surface area contributed by atoms with E-state index in [0.717, 1.165) is 39.7 Å². The molecule has 1 atom stereocenters. The average Bonchev–Trinajstić information content (AvgIpc) is 2.99. The SMILES string of the molecule is Cc1cccc(CC(=O)N(C)C2CCc3c(c4cc(F)ccc4n3CC(=O)O)C2)c1. The normalized spacial score (nSPS) is 15.8. The standard InChI is InChI=1S/C24H25FN2O3/c1-15-4-3-5-16(10-15)11-23(28)26(2)18-7-9-22-20(13-18)19-12-17(25)6-8-21(19)27(22)14-24(29)30/h3-6,8,10,12,18H,7,9,11,13-14H2,1-2H3,(H,29,30). The summed E-state index contributed by atoms with van der Waals surface area (Å²) in [4.78, 5) is 26.1. The molecule has 0 saturated carbocycles. The van der Waals surface area contributed by atoms with Crippen molar-refractivity contribution in [2.24, 2.45) is 0 Å². The van der Waals surface area contributed by atoms with Crippen LogP contribution in [0.4, 0.5) is 4.39 Å². The molecule has 1 aliphatic carbocycles. The predicted molar refractivity (Wildman–Crippen MR) is 113 cm³/mol. The summed E-state index contributed by atoms with van der Waals surface area (Å²) in [6.07, 6.45) is 2.35. The van der Waals surface area contributed by atoms with E-state index in [2.05, 4.69) is 0 Å². The molecule has 1 unspecified atom stereocenters. The number of rotatable bonds is 5. The van der Waals surface area contributed by atoms with Gasteiger partial charge in [0, 0.05) is 29.7 Å². The fourth-order valence-electron chi connectivity index (χ4n) is 4.58. The summed E-state index contributed by atoms with van der Waals surface area (Å²) in [6, 6.07) is 12.4. The maximum Gasteiger partial charge on any atom is 0.323 e. The highest BCUT2D eigenvalue weighted by molar-refractivity contribution is 5.87. The van der Waals surface area contributed by atoms with Crippen molar-refractivity contribution >= 4 is 22.8 Å². The lowest BCUT2D eigenvalue weighted by Crippen LogP contribution is -2.41. The van der Waals surface area contributed by atoms with E-state index < -0.39 is 5.97 Å². The Labute approximate surface area is 174 Å². The molecule has 1 heterocycles. The first-order valence-corrected chi connectivity index (χ1v) is 10.2. The van der Waals surface area contributed by atoms with Gasteiger partial charge < -0.3 is 14.6 Å². The Morgan fingerprint density at radius 1 is 1.23 bits per heavy atom. The minimum absolute atomic E-state index is 0.00181. The van der Waals surface area contributed by atoms with Gasteiger partial charge in [0.15, 0.2) is 0 Å². The number of benzene rings is 2. The van der Waals surface area contributed by atoms with Crippen LogP contribution in [0.5, 0.6) is 0 Å². The van der Waals surface area contributed by atoms with E-state index in [4.69, 9.17) is 0 Å². The number of carbonyl (C=O) groups is 2. The highest BCUT2D eigenvalue weighted by Crippen LogP contribution is 2.34. The Bertz CT molecular complexity index is 1130. The molecule has 1 aliphatic rings. The van der Waals surface area contributed by atoms with Crippen molar-refractivity contribution in [2.45, 2.75) is 45.2 Å². The van der Waals surface area contributed by atoms with Gasteiger partial charge in [-0.1, -0.05) is 29.8 Å². The number of likely N-dealkylation sites (N-methyl/N-ethyl adjacent to an activating group) is 1. The Balaban J connectivity index is 1.61. The third-order valence-electron chi connectivity index (χ3n) is 6.08. The van der Waals surface area contributed by atoms with Gasteiger partial charge in [0.2, 0.25) is 5.91 Å². The molecule has 1 amide bonds. The summed E-state index contributed by atoms with van der Waals surface area (Å²) in [6.45, 7) is 1.86. The van der Waals surface area contributed by atoms with Crippen LogP contribution in [0.15, 0.2) is 42.5 Å². The zero-order valence-corrected chi connectivity index (χ0v) is 17.2. The van der Waals surface area contributed by atoms with Crippen LogP contribution in [0.1, 0.15) is 28.8 Å². The summed E-state index contributed by atoms with van der Waals surface area (Å²) in [5.74, 6) is -1.22. The van der Waals surface area contributed by atoms with Crippen molar-refractivity contribution in [3.63, 3.8) is 0 Å². The van der Waals surface area contributed by atoms with Gasteiger partial charge in [-0.25, -0.2) is 4.39 Å². The van der Waals surface area contributed by atoms with Gasteiger partial charge in [-0.2, -0.15) is 0 Å². The first kappa shape index (κ1) is 20.1. The van der Waals surface area contributed by atoms with E-state index in [-0.39, 0.29) is 24.3 Å². The Morgan fingerprint density at radius 2 is 2.03 bits per heavy atom. The average molecular weight is 408 g/mol. The molecule has 1 N–H and O–H groups in total. The smallest absolute Gasteiger partial charge is 0.323 e. The zero-order valence-electron chi connectivity index (χ0n) is 17.2. The number of carboxylic acids is 1. The third-order valence-corrected chi connectivity index (χ3v) is 6.08. The van der Waals surface area contributed by atoms with Gasteiger partial charge in [-0.3, -0.25) is 9.59 Å². The minimum Gasteiger partial charge on any atom is -0.480 e. The van der Waals surface area contributed by atoms with Gasteiger partial charge in [0.25, 0.3) is 0 Å². The van der Waals surface area contributed by atoms with Crippen molar-refractivity contribution in [3.05, 3.63) is 70.7 Å². The maximum atomic E-state index is 13.9. The summed E-state index contributed by atoms with van der Waals surface area (Å²) < 4.78 is 15.7. The number of aliphatic carboxylic acids is 1. The molecule has 0 aliphatic heterocycles. The number of carboxylic acid groups (broad SMARTS) is 1. The van der Waals surface area contributed by atoms with Crippen LogP contribution in [-0.4, -0.2) is 39.5 Å². The maximum absolute atomic E-state index is 13.9. The molecule has 0 spiro atoms.